The number of nitrogen functional groups attached to an aromatic ring is 1. The van der Waals surface area contributed by atoms with E-state index < -0.39 is 0 Å². The van der Waals surface area contributed by atoms with Gasteiger partial charge in [-0.1, -0.05) is 0 Å². The van der Waals surface area contributed by atoms with Crippen LogP contribution in [-0.2, 0) is 5.75 Å². The van der Waals surface area contributed by atoms with E-state index in [1.165, 1.54) is 0 Å². The zero-order valence-corrected chi connectivity index (χ0v) is 11.7. The maximum atomic E-state index is 5.60. The van der Waals surface area contributed by atoms with Gasteiger partial charge in [-0.15, -0.1) is 11.8 Å². The Kier molecular flexibility index (Phi) is 4.52. The Balaban J connectivity index is 2.10. The van der Waals surface area contributed by atoms with Crippen molar-refractivity contribution in [3.63, 3.8) is 0 Å². The largest absolute Gasteiger partial charge is 0.497 e. The van der Waals surface area contributed by atoms with Crippen molar-refractivity contribution < 1.29 is 9.47 Å². The van der Waals surface area contributed by atoms with Crippen LogP contribution in [0.2, 0.25) is 0 Å². The van der Waals surface area contributed by atoms with Crippen LogP contribution in [0, 0.1) is 6.07 Å². The third-order valence-electron chi connectivity index (χ3n) is 2.49. The highest BCUT2D eigenvalue weighted by molar-refractivity contribution is 7.98. The van der Waals surface area contributed by atoms with E-state index in [1.807, 2.05) is 24.3 Å². The maximum absolute atomic E-state index is 5.60. The van der Waals surface area contributed by atoms with E-state index in [2.05, 4.69) is 11.1 Å². The molecule has 4 nitrogen and oxygen atoms in total. The standard InChI is InChI=1S/C14H15N2O2S/c1-17-11-6-10(7-12(8-11)18-2)9-19-14-5-3-4-13(15)16-14/h3,5-8H,9H2,1-2H3,(H2,15,16). The number of aromatic nitrogens is 1. The summed E-state index contributed by atoms with van der Waals surface area (Å²) in [7, 11) is 3.28. The van der Waals surface area contributed by atoms with Crippen LogP contribution in [0.1, 0.15) is 5.56 Å². The van der Waals surface area contributed by atoms with Gasteiger partial charge in [0.15, 0.2) is 0 Å². The van der Waals surface area contributed by atoms with Crippen LogP contribution in [0.3, 0.4) is 0 Å². The molecule has 0 fully saturated rings. The average Bonchev–Trinajstić information content (AvgIpc) is 2.44. The lowest BCUT2D eigenvalue weighted by molar-refractivity contribution is 0.393. The molecule has 2 N–H and O–H groups in total. The molecule has 0 atom stereocenters. The smallest absolute Gasteiger partial charge is 0.132 e. The number of nitrogens with two attached hydrogens (primary N) is 1. The van der Waals surface area contributed by atoms with E-state index in [0.717, 1.165) is 27.8 Å². The molecular weight excluding hydrogens is 260 g/mol. The van der Waals surface area contributed by atoms with E-state index >= 15 is 0 Å². The predicted octanol–water partition coefficient (Wildman–Crippen LogP) is 2.77. The quantitative estimate of drug-likeness (QED) is 0.850. The topological polar surface area (TPSA) is 57.4 Å². The molecule has 5 heteroatoms. The Hall–Kier alpha value is -1.88. The summed E-state index contributed by atoms with van der Waals surface area (Å²) < 4.78 is 10.5. The SMILES string of the molecule is COc1cc(CSc2cc[c]c(N)n2)cc(OC)c1. The fraction of sp³-hybridized carbons (Fsp3) is 0.214. The van der Waals surface area contributed by atoms with E-state index in [4.69, 9.17) is 15.2 Å². The summed E-state index contributed by atoms with van der Waals surface area (Å²) in [5, 5.41) is 0.873. The highest BCUT2D eigenvalue weighted by Gasteiger charge is 2.04. The number of benzene rings is 1. The molecule has 1 aromatic heterocycles. The minimum Gasteiger partial charge on any atom is -0.497 e. The molecule has 0 spiro atoms. The molecule has 0 aliphatic heterocycles. The van der Waals surface area contributed by atoms with Gasteiger partial charge in [-0.05, 0) is 29.8 Å². The van der Waals surface area contributed by atoms with Crippen molar-refractivity contribution in [3.8, 4) is 11.5 Å². The Bertz CT molecular complexity index is 539. The van der Waals surface area contributed by atoms with Crippen LogP contribution in [0.4, 0.5) is 5.82 Å². The van der Waals surface area contributed by atoms with Gasteiger partial charge in [0, 0.05) is 17.9 Å². The van der Waals surface area contributed by atoms with E-state index in [0.29, 0.717) is 5.82 Å². The molecule has 0 amide bonds. The monoisotopic (exact) mass is 275 g/mol. The van der Waals surface area contributed by atoms with Gasteiger partial charge in [-0.25, -0.2) is 4.98 Å². The summed E-state index contributed by atoms with van der Waals surface area (Å²) in [4.78, 5) is 4.20. The van der Waals surface area contributed by atoms with E-state index in [-0.39, 0.29) is 0 Å². The lowest BCUT2D eigenvalue weighted by Crippen LogP contribution is -1.92. The van der Waals surface area contributed by atoms with Gasteiger partial charge in [0.2, 0.25) is 0 Å². The number of anilines is 1. The molecule has 0 aliphatic carbocycles. The third kappa shape index (κ3) is 3.79. The molecule has 0 saturated heterocycles. The number of thioether (sulfide) groups is 1. The van der Waals surface area contributed by atoms with Gasteiger partial charge in [0.05, 0.1) is 19.2 Å². The fourth-order valence-electron chi connectivity index (χ4n) is 1.57. The zero-order valence-electron chi connectivity index (χ0n) is 10.8. The number of rotatable bonds is 5. The Labute approximate surface area is 116 Å². The van der Waals surface area contributed by atoms with Crippen LogP contribution < -0.4 is 15.2 Å². The van der Waals surface area contributed by atoms with Crippen molar-refractivity contribution in [2.75, 3.05) is 20.0 Å². The first-order valence-electron chi connectivity index (χ1n) is 5.70. The minimum atomic E-state index is 0.410. The summed E-state index contributed by atoms with van der Waals surface area (Å²) in [6, 6.07) is 12.3. The second-order valence-corrected chi connectivity index (χ2v) is 4.82. The lowest BCUT2D eigenvalue weighted by atomic mass is 10.2. The van der Waals surface area contributed by atoms with Crippen LogP contribution in [0.5, 0.6) is 11.5 Å². The molecule has 0 unspecified atom stereocenters. The van der Waals surface area contributed by atoms with Crippen molar-refractivity contribution >= 4 is 17.6 Å². The fourth-order valence-corrected chi connectivity index (χ4v) is 2.38. The molecule has 0 aliphatic rings. The van der Waals surface area contributed by atoms with Crippen molar-refractivity contribution in [1.29, 1.82) is 0 Å². The molecule has 0 saturated carbocycles. The Morgan fingerprint density at radius 2 is 1.89 bits per heavy atom. The Morgan fingerprint density at radius 1 is 1.21 bits per heavy atom. The summed E-state index contributed by atoms with van der Waals surface area (Å²) in [6.45, 7) is 0. The lowest BCUT2D eigenvalue weighted by Gasteiger charge is -2.08. The summed E-state index contributed by atoms with van der Waals surface area (Å²) >= 11 is 1.60. The maximum Gasteiger partial charge on any atom is 0.132 e. The van der Waals surface area contributed by atoms with Crippen LogP contribution in [0.15, 0.2) is 35.4 Å². The van der Waals surface area contributed by atoms with Gasteiger partial charge >= 0.3 is 0 Å². The first-order valence-corrected chi connectivity index (χ1v) is 6.69. The molecule has 1 heterocycles. The summed E-state index contributed by atoms with van der Waals surface area (Å²) in [5.41, 5.74) is 6.70. The predicted molar refractivity (Wildman–Crippen MR) is 76.6 cm³/mol. The van der Waals surface area contributed by atoms with Gasteiger partial charge in [0.25, 0.3) is 0 Å². The normalized spacial score (nSPS) is 10.2. The number of hydrogen-bond donors (Lipinski definition) is 1. The Morgan fingerprint density at radius 3 is 2.47 bits per heavy atom. The van der Waals surface area contributed by atoms with E-state index in [1.54, 1.807) is 32.0 Å². The van der Waals surface area contributed by atoms with Crippen LogP contribution in [0.25, 0.3) is 0 Å². The average molecular weight is 275 g/mol. The minimum absolute atomic E-state index is 0.410. The molecule has 2 rings (SSSR count). The van der Waals surface area contributed by atoms with Crippen molar-refractivity contribution in [2.45, 2.75) is 10.8 Å². The zero-order chi connectivity index (χ0) is 13.7. The molecule has 0 bridgehead atoms. The highest BCUT2D eigenvalue weighted by Crippen LogP contribution is 2.27. The number of hydrogen-bond acceptors (Lipinski definition) is 5. The van der Waals surface area contributed by atoms with Gasteiger partial charge in [-0.3, -0.25) is 0 Å². The second kappa shape index (κ2) is 6.33. The third-order valence-corrected chi connectivity index (χ3v) is 3.49. The first kappa shape index (κ1) is 13.5. The highest BCUT2D eigenvalue weighted by atomic mass is 32.2. The molecule has 2 aromatic rings. The molecule has 1 radical (unpaired) electrons. The van der Waals surface area contributed by atoms with Crippen LogP contribution >= 0.6 is 11.8 Å². The second-order valence-electron chi connectivity index (χ2n) is 3.82. The number of methoxy groups -OCH3 is 2. The van der Waals surface area contributed by atoms with Crippen LogP contribution in [-0.4, -0.2) is 19.2 Å². The van der Waals surface area contributed by atoms with Gasteiger partial charge in [0.1, 0.15) is 17.3 Å². The number of nitrogens with zero attached hydrogens (tertiary/aromatic N) is 1. The molecule has 99 valence electrons. The van der Waals surface area contributed by atoms with Crippen molar-refractivity contribution in [3.05, 3.63) is 42.0 Å². The van der Waals surface area contributed by atoms with Gasteiger partial charge in [-0.2, -0.15) is 0 Å². The molecule has 1 aromatic carbocycles. The van der Waals surface area contributed by atoms with Crippen molar-refractivity contribution in [1.82, 2.24) is 4.98 Å². The van der Waals surface area contributed by atoms with Gasteiger partial charge < -0.3 is 15.2 Å². The van der Waals surface area contributed by atoms with Crippen molar-refractivity contribution in [2.24, 2.45) is 0 Å². The molecular formula is C14H15N2O2S. The number of ether oxygens (including phenoxy) is 2. The summed E-state index contributed by atoms with van der Waals surface area (Å²) in [6.07, 6.45) is 0. The number of pyridine rings is 1. The first-order chi connectivity index (χ1) is 9.21. The van der Waals surface area contributed by atoms with E-state index in [9.17, 15) is 0 Å². The molecule has 19 heavy (non-hydrogen) atoms. The summed E-state index contributed by atoms with van der Waals surface area (Å²) in [5.74, 6) is 2.74.